The average molecular weight is 377 g/mol. The molecule has 1 heterocycles. The highest BCUT2D eigenvalue weighted by molar-refractivity contribution is 5.98. The number of aromatic nitrogens is 1. The van der Waals surface area contributed by atoms with Gasteiger partial charge in [0.25, 0.3) is 5.91 Å². The molecule has 28 heavy (non-hydrogen) atoms. The topological polar surface area (TPSA) is 86.5 Å². The Labute approximate surface area is 164 Å². The van der Waals surface area contributed by atoms with E-state index < -0.39 is 0 Å². The third-order valence-corrected chi connectivity index (χ3v) is 4.13. The van der Waals surface area contributed by atoms with Gasteiger partial charge in [-0.3, -0.25) is 4.79 Å². The maximum Gasteiger partial charge on any atom is 0.255 e. The second-order valence-electron chi connectivity index (χ2n) is 6.41. The number of carbonyl (C=O) groups is 1. The molecule has 0 saturated heterocycles. The van der Waals surface area contributed by atoms with Crippen LogP contribution in [-0.2, 0) is 17.9 Å². The lowest BCUT2D eigenvalue weighted by Crippen LogP contribution is -2.24. The van der Waals surface area contributed by atoms with E-state index in [0.29, 0.717) is 30.2 Å². The monoisotopic (exact) mass is 377 g/mol. The molecule has 6 nitrogen and oxygen atoms in total. The van der Waals surface area contributed by atoms with Gasteiger partial charge in [-0.05, 0) is 48.9 Å². The zero-order valence-electron chi connectivity index (χ0n) is 15.9. The molecule has 3 N–H and O–H groups in total. The van der Waals surface area contributed by atoms with Gasteiger partial charge in [0.2, 0.25) is 0 Å². The summed E-state index contributed by atoms with van der Waals surface area (Å²) in [6.07, 6.45) is 0. The van der Waals surface area contributed by atoms with E-state index in [-0.39, 0.29) is 11.7 Å². The van der Waals surface area contributed by atoms with Crippen LogP contribution in [-0.4, -0.2) is 18.0 Å². The van der Waals surface area contributed by atoms with Gasteiger partial charge in [0, 0.05) is 13.7 Å². The summed E-state index contributed by atoms with van der Waals surface area (Å²) in [4.78, 5) is 16.6. The number of amides is 1. The number of methoxy groups -OCH3 is 1. The molecule has 0 aliphatic carbocycles. The van der Waals surface area contributed by atoms with Crippen molar-refractivity contribution in [3.8, 4) is 11.5 Å². The maximum absolute atomic E-state index is 12.4. The highest BCUT2D eigenvalue weighted by Crippen LogP contribution is 2.22. The first-order valence-electron chi connectivity index (χ1n) is 8.91. The number of pyridine rings is 1. The lowest BCUT2D eigenvalue weighted by molar-refractivity contribution is 0.0951. The molecule has 0 radical (unpaired) electrons. The van der Waals surface area contributed by atoms with Gasteiger partial charge >= 0.3 is 0 Å². The van der Waals surface area contributed by atoms with Gasteiger partial charge in [-0.1, -0.05) is 29.8 Å². The van der Waals surface area contributed by atoms with Crippen molar-refractivity contribution in [2.45, 2.75) is 20.1 Å². The van der Waals surface area contributed by atoms with Crippen LogP contribution in [0.4, 0.5) is 5.82 Å². The molecule has 0 aliphatic heterocycles. The van der Waals surface area contributed by atoms with Crippen molar-refractivity contribution in [1.29, 1.82) is 0 Å². The fourth-order valence-electron chi connectivity index (χ4n) is 2.68. The Balaban J connectivity index is 1.63. The van der Waals surface area contributed by atoms with Gasteiger partial charge in [0.15, 0.2) is 0 Å². The summed E-state index contributed by atoms with van der Waals surface area (Å²) >= 11 is 0. The summed E-state index contributed by atoms with van der Waals surface area (Å²) in [6.45, 7) is 2.73. The molecule has 3 aromatic rings. The summed E-state index contributed by atoms with van der Waals surface area (Å²) < 4.78 is 10.9. The molecule has 0 spiro atoms. The molecule has 6 heteroatoms. The number of rotatable bonds is 7. The molecule has 0 saturated carbocycles. The number of nitrogens with zero attached hydrogens (tertiary/aromatic N) is 1. The summed E-state index contributed by atoms with van der Waals surface area (Å²) in [5.74, 6) is 1.38. The molecule has 1 aromatic heterocycles. The molecule has 0 unspecified atom stereocenters. The minimum Gasteiger partial charge on any atom is -0.457 e. The summed E-state index contributed by atoms with van der Waals surface area (Å²) in [7, 11) is 1.58. The fraction of sp³-hybridized carbons (Fsp3) is 0.182. The van der Waals surface area contributed by atoms with Crippen LogP contribution in [0.1, 0.15) is 27.2 Å². The quantitative estimate of drug-likeness (QED) is 0.653. The van der Waals surface area contributed by atoms with Crippen molar-refractivity contribution >= 4 is 11.7 Å². The van der Waals surface area contributed by atoms with Crippen LogP contribution in [0.3, 0.4) is 0 Å². The molecule has 3 rings (SSSR count). The normalized spacial score (nSPS) is 10.5. The minimum absolute atomic E-state index is 0.184. The second-order valence-corrected chi connectivity index (χ2v) is 6.41. The lowest BCUT2D eigenvalue weighted by atomic mass is 10.2. The maximum atomic E-state index is 12.4. The first kappa shape index (κ1) is 19.4. The van der Waals surface area contributed by atoms with E-state index in [1.54, 1.807) is 19.2 Å². The number of ether oxygens (including phenoxy) is 2. The third-order valence-electron chi connectivity index (χ3n) is 4.13. The molecule has 0 aliphatic rings. The van der Waals surface area contributed by atoms with Crippen LogP contribution in [0, 0.1) is 6.92 Å². The number of carbonyl (C=O) groups excluding carboxylic acids is 1. The van der Waals surface area contributed by atoms with Crippen LogP contribution in [0.2, 0.25) is 0 Å². The zero-order chi connectivity index (χ0) is 19.9. The average Bonchev–Trinajstić information content (AvgIpc) is 2.69. The zero-order valence-corrected chi connectivity index (χ0v) is 15.9. The van der Waals surface area contributed by atoms with E-state index >= 15 is 0 Å². The Kier molecular flexibility index (Phi) is 6.24. The predicted molar refractivity (Wildman–Crippen MR) is 108 cm³/mol. The molecule has 144 valence electrons. The fourth-order valence-corrected chi connectivity index (χ4v) is 2.68. The highest BCUT2D eigenvalue weighted by atomic mass is 16.5. The van der Waals surface area contributed by atoms with E-state index in [9.17, 15) is 4.79 Å². The first-order valence-corrected chi connectivity index (χ1v) is 8.91. The molecule has 0 atom stereocenters. The number of hydrogen-bond donors (Lipinski definition) is 2. The van der Waals surface area contributed by atoms with Gasteiger partial charge in [-0.15, -0.1) is 0 Å². The van der Waals surface area contributed by atoms with Crippen molar-refractivity contribution in [3.05, 3.63) is 83.0 Å². The van der Waals surface area contributed by atoms with Crippen LogP contribution in [0.5, 0.6) is 11.5 Å². The summed E-state index contributed by atoms with van der Waals surface area (Å²) in [5, 5.41) is 2.86. The van der Waals surface area contributed by atoms with E-state index in [0.717, 1.165) is 11.3 Å². The number of nitrogens with one attached hydrogen (secondary N) is 1. The standard InChI is InChI=1S/C22H23N3O3/c1-15-6-9-18(10-7-15)28-19-5-3-4-16(12-19)13-24-22(26)20-11-8-17(14-27-2)25-21(20)23/h3-12H,13-14H2,1-2H3,(H2,23,25)(H,24,26). The molecular weight excluding hydrogens is 354 g/mol. The Morgan fingerprint density at radius 3 is 2.57 bits per heavy atom. The van der Waals surface area contributed by atoms with E-state index in [1.807, 2.05) is 55.5 Å². The largest absolute Gasteiger partial charge is 0.457 e. The van der Waals surface area contributed by atoms with Gasteiger partial charge in [-0.25, -0.2) is 4.98 Å². The van der Waals surface area contributed by atoms with Crippen molar-refractivity contribution in [1.82, 2.24) is 10.3 Å². The number of nitrogen functional groups attached to an aromatic ring is 1. The van der Waals surface area contributed by atoms with E-state index in [1.165, 1.54) is 5.56 Å². The minimum atomic E-state index is -0.279. The Morgan fingerprint density at radius 2 is 1.86 bits per heavy atom. The van der Waals surface area contributed by atoms with Crippen LogP contribution in [0.15, 0.2) is 60.7 Å². The van der Waals surface area contributed by atoms with Crippen molar-refractivity contribution in [2.75, 3.05) is 12.8 Å². The van der Waals surface area contributed by atoms with Gasteiger partial charge in [0.05, 0.1) is 17.9 Å². The Bertz CT molecular complexity index is 955. The Hall–Kier alpha value is -3.38. The number of anilines is 1. The molecule has 2 aromatic carbocycles. The van der Waals surface area contributed by atoms with Crippen LogP contribution in [0.25, 0.3) is 0 Å². The highest BCUT2D eigenvalue weighted by Gasteiger charge is 2.11. The molecular formula is C22H23N3O3. The Morgan fingerprint density at radius 1 is 1.07 bits per heavy atom. The number of aryl methyl sites for hydroxylation is 1. The molecule has 0 bridgehead atoms. The van der Waals surface area contributed by atoms with Crippen molar-refractivity contribution in [3.63, 3.8) is 0 Å². The summed E-state index contributed by atoms with van der Waals surface area (Å²) in [5.41, 5.74) is 9.00. The van der Waals surface area contributed by atoms with Crippen LogP contribution < -0.4 is 15.8 Å². The second kappa shape index (κ2) is 9.01. The third kappa shape index (κ3) is 5.08. The van der Waals surface area contributed by atoms with Gasteiger partial charge in [-0.2, -0.15) is 0 Å². The smallest absolute Gasteiger partial charge is 0.255 e. The van der Waals surface area contributed by atoms with E-state index in [4.69, 9.17) is 15.2 Å². The van der Waals surface area contributed by atoms with E-state index in [2.05, 4.69) is 10.3 Å². The number of benzene rings is 2. The van der Waals surface area contributed by atoms with Gasteiger partial charge < -0.3 is 20.5 Å². The number of nitrogens with two attached hydrogens (primary N) is 1. The predicted octanol–water partition coefficient (Wildman–Crippen LogP) is 3.84. The SMILES string of the molecule is COCc1ccc(C(=O)NCc2cccc(Oc3ccc(C)cc3)c2)c(N)n1. The number of hydrogen-bond acceptors (Lipinski definition) is 5. The van der Waals surface area contributed by atoms with Crippen molar-refractivity contribution in [2.24, 2.45) is 0 Å². The first-order chi connectivity index (χ1) is 13.5. The van der Waals surface area contributed by atoms with Crippen LogP contribution >= 0.6 is 0 Å². The molecule has 0 fully saturated rings. The van der Waals surface area contributed by atoms with Crippen molar-refractivity contribution < 1.29 is 14.3 Å². The molecule has 1 amide bonds. The van der Waals surface area contributed by atoms with Gasteiger partial charge in [0.1, 0.15) is 17.3 Å². The summed E-state index contributed by atoms with van der Waals surface area (Å²) in [6, 6.07) is 18.8. The lowest BCUT2D eigenvalue weighted by Gasteiger charge is -2.10.